The summed E-state index contributed by atoms with van der Waals surface area (Å²) in [7, 11) is 0. The first-order chi connectivity index (χ1) is 17.6. The fourth-order valence-electron chi connectivity index (χ4n) is 5.37. The number of carbonyl (C=O) groups is 1. The maximum absolute atomic E-state index is 11.2. The van der Waals surface area contributed by atoms with Crippen LogP contribution in [0.1, 0.15) is 62.8 Å². The molecule has 0 spiro atoms. The van der Waals surface area contributed by atoms with Gasteiger partial charge in [0.15, 0.2) is 17.4 Å². The summed E-state index contributed by atoms with van der Waals surface area (Å²) in [5.74, 6) is 2.49. The van der Waals surface area contributed by atoms with Crippen LogP contribution in [-0.4, -0.2) is 11.0 Å². The fraction of sp³-hybridized carbons (Fsp3) is 0.290. The van der Waals surface area contributed by atoms with Crippen LogP contribution in [-0.2, 0) is 9.68 Å². The lowest BCUT2D eigenvalue weighted by molar-refractivity contribution is -0.210. The number of benzene rings is 3. The van der Waals surface area contributed by atoms with Gasteiger partial charge in [-0.15, -0.1) is 0 Å². The molecule has 3 aromatic carbocycles. The molecule has 1 fully saturated rings. The number of hydrogen-bond acceptors (Lipinski definition) is 5. The van der Waals surface area contributed by atoms with Gasteiger partial charge in [0.25, 0.3) is 0 Å². The van der Waals surface area contributed by atoms with Gasteiger partial charge >= 0.3 is 5.97 Å². The largest absolute Gasteiger partial charge is 0.440 e. The van der Waals surface area contributed by atoms with Crippen molar-refractivity contribution >= 4 is 5.97 Å². The topological polar surface area (TPSA) is 61.6 Å². The Morgan fingerprint density at radius 2 is 1.61 bits per heavy atom. The number of oxazole rings is 1. The van der Waals surface area contributed by atoms with Crippen molar-refractivity contribution in [1.29, 1.82) is 0 Å². The summed E-state index contributed by atoms with van der Waals surface area (Å²) in [6, 6.07) is 28.3. The van der Waals surface area contributed by atoms with Crippen molar-refractivity contribution in [3.63, 3.8) is 0 Å². The van der Waals surface area contributed by atoms with Crippen LogP contribution >= 0.6 is 0 Å². The summed E-state index contributed by atoms with van der Waals surface area (Å²) < 4.78 is 6.55. The van der Waals surface area contributed by atoms with E-state index in [-0.39, 0.29) is 5.92 Å². The van der Waals surface area contributed by atoms with Gasteiger partial charge in [-0.25, -0.2) is 9.78 Å². The van der Waals surface area contributed by atoms with Crippen LogP contribution in [0, 0.1) is 5.92 Å². The second-order valence-electron chi connectivity index (χ2n) is 9.54. The summed E-state index contributed by atoms with van der Waals surface area (Å²) in [6.07, 6.45) is 4.56. The fourth-order valence-corrected chi connectivity index (χ4v) is 5.37. The Kier molecular flexibility index (Phi) is 7.17. The predicted octanol–water partition coefficient (Wildman–Crippen LogP) is 7.94. The molecule has 0 N–H and O–H groups in total. The Bertz CT molecular complexity index is 1240. The second kappa shape index (κ2) is 10.8. The molecule has 0 aliphatic heterocycles. The zero-order valence-electron chi connectivity index (χ0n) is 20.7. The summed E-state index contributed by atoms with van der Waals surface area (Å²) in [5.41, 5.74) is 4.15. The number of hydrogen-bond donors (Lipinski definition) is 0. The van der Waals surface area contributed by atoms with Gasteiger partial charge in [-0.3, -0.25) is 9.78 Å². The molecule has 1 aliphatic carbocycles. The van der Waals surface area contributed by atoms with Crippen molar-refractivity contribution in [2.24, 2.45) is 5.92 Å². The molecule has 5 nitrogen and oxygen atoms in total. The first-order valence-electron chi connectivity index (χ1n) is 12.7. The van der Waals surface area contributed by atoms with Gasteiger partial charge in [0.1, 0.15) is 5.69 Å². The van der Waals surface area contributed by atoms with E-state index in [4.69, 9.17) is 19.2 Å². The molecule has 1 aliphatic rings. The molecule has 1 saturated carbocycles. The van der Waals surface area contributed by atoms with E-state index >= 15 is 0 Å². The maximum Gasteiger partial charge on any atom is 0.352 e. The normalized spacial score (nSPS) is 18.4. The van der Waals surface area contributed by atoms with Crippen LogP contribution in [0.4, 0.5) is 0 Å². The molecule has 4 aromatic rings. The van der Waals surface area contributed by atoms with E-state index in [1.165, 1.54) is 25.3 Å². The molecular weight excluding hydrogens is 450 g/mol. The van der Waals surface area contributed by atoms with Crippen LogP contribution in [0.25, 0.3) is 22.6 Å². The van der Waals surface area contributed by atoms with E-state index in [9.17, 15) is 4.79 Å². The van der Waals surface area contributed by atoms with Crippen molar-refractivity contribution < 1.29 is 19.0 Å². The Morgan fingerprint density at radius 3 is 2.33 bits per heavy atom. The van der Waals surface area contributed by atoms with Crippen molar-refractivity contribution in [3.05, 3.63) is 96.4 Å². The van der Waals surface area contributed by atoms with Crippen LogP contribution in [0.5, 0.6) is 5.75 Å². The van der Waals surface area contributed by atoms with E-state index in [0.717, 1.165) is 41.3 Å². The van der Waals surface area contributed by atoms with Crippen molar-refractivity contribution in [2.75, 3.05) is 0 Å². The number of rotatable bonds is 7. The smallest absolute Gasteiger partial charge is 0.352 e. The van der Waals surface area contributed by atoms with Gasteiger partial charge in [0, 0.05) is 24.0 Å². The zero-order valence-corrected chi connectivity index (χ0v) is 20.7. The van der Waals surface area contributed by atoms with Crippen LogP contribution in [0.2, 0.25) is 0 Å². The SMILES string of the molecule is CC(=O)OOc1cccc(C2CCCCC2C(C)c2nc(-c3ccccc3)c(-c3ccccc3)o2)c1. The van der Waals surface area contributed by atoms with Crippen LogP contribution in [0.15, 0.2) is 89.3 Å². The highest BCUT2D eigenvalue weighted by Crippen LogP contribution is 2.47. The van der Waals surface area contributed by atoms with Crippen molar-refractivity contribution in [1.82, 2.24) is 4.98 Å². The van der Waals surface area contributed by atoms with Crippen molar-refractivity contribution in [2.45, 2.75) is 51.4 Å². The highest BCUT2D eigenvalue weighted by molar-refractivity contribution is 5.76. The first kappa shape index (κ1) is 23.9. The minimum absolute atomic E-state index is 0.133. The lowest BCUT2D eigenvalue weighted by Gasteiger charge is -2.35. The summed E-state index contributed by atoms with van der Waals surface area (Å²) in [6.45, 7) is 3.56. The third kappa shape index (κ3) is 5.20. The van der Waals surface area contributed by atoms with Gasteiger partial charge in [-0.1, -0.05) is 92.6 Å². The predicted molar refractivity (Wildman–Crippen MR) is 139 cm³/mol. The molecule has 184 valence electrons. The molecule has 1 aromatic heterocycles. The highest BCUT2D eigenvalue weighted by Gasteiger charge is 2.34. The standard InChI is InChI=1S/C31H31NO4/c1-21(27-18-9-10-19-28(27)25-16-11-17-26(20-25)36-35-22(2)33)31-32-29(23-12-5-3-6-13-23)30(34-31)24-14-7-4-8-15-24/h3-8,11-17,20-21,27-28H,9-10,18-19H2,1-2H3. The van der Waals surface area contributed by atoms with Gasteiger partial charge in [0.05, 0.1) is 0 Å². The minimum atomic E-state index is -0.475. The van der Waals surface area contributed by atoms with Crippen LogP contribution in [0.3, 0.4) is 0 Å². The molecule has 3 unspecified atom stereocenters. The molecule has 0 bridgehead atoms. The van der Waals surface area contributed by atoms with Gasteiger partial charge in [0.2, 0.25) is 0 Å². The Balaban J connectivity index is 1.48. The van der Waals surface area contributed by atoms with Crippen molar-refractivity contribution in [3.8, 4) is 28.3 Å². The number of nitrogens with zero attached hydrogens (tertiary/aromatic N) is 1. The number of aromatic nitrogens is 1. The first-order valence-corrected chi connectivity index (χ1v) is 12.7. The zero-order chi connectivity index (χ0) is 24.9. The lowest BCUT2D eigenvalue weighted by atomic mass is 9.70. The molecule has 1 heterocycles. The average Bonchev–Trinajstić information content (AvgIpc) is 3.38. The maximum atomic E-state index is 11.2. The van der Waals surface area contributed by atoms with E-state index in [1.807, 2.05) is 48.5 Å². The van der Waals surface area contributed by atoms with Crippen LogP contribution < -0.4 is 4.89 Å². The third-order valence-electron chi connectivity index (χ3n) is 7.12. The van der Waals surface area contributed by atoms with E-state index in [0.29, 0.717) is 17.6 Å². The number of carbonyl (C=O) groups excluding carboxylic acids is 1. The Morgan fingerprint density at radius 1 is 0.917 bits per heavy atom. The second-order valence-corrected chi connectivity index (χ2v) is 9.54. The lowest BCUT2D eigenvalue weighted by Crippen LogP contribution is -2.23. The Hall–Kier alpha value is -3.86. The molecule has 0 saturated heterocycles. The summed E-state index contributed by atoms with van der Waals surface area (Å²) in [4.78, 5) is 26.2. The van der Waals surface area contributed by atoms with E-state index in [1.54, 1.807) is 6.07 Å². The highest BCUT2D eigenvalue weighted by atomic mass is 17.2. The molecule has 5 rings (SSSR count). The summed E-state index contributed by atoms with van der Waals surface area (Å²) in [5, 5.41) is 0. The third-order valence-corrected chi connectivity index (χ3v) is 7.12. The Labute approximate surface area is 212 Å². The molecule has 36 heavy (non-hydrogen) atoms. The minimum Gasteiger partial charge on any atom is -0.440 e. The average molecular weight is 482 g/mol. The molecule has 0 amide bonds. The van der Waals surface area contributed by atoms with E-state index in [2.05, 4.69) is 37.3 Å². The van der Waals surface area contributed by atoms with Gasteiger partial charge in [-0.2, -0.15) is 0 Å². The molecule has 3 atom stereocenters. The summed E-state index contributed by atoms with van der Waals surface area (Å²) >= 11 is 0. The monoisotopic (exact) mass is 481 g/mol. The quantitative estimate of drug-likeness (QED) is 0.198. The molecule has 5 heteroatoms. The van der Waals surface area contributed by atoms with E-state index < -0.39 is 5.97 Å². The van der Waals surface area contributed by atoms with Gasteiger partial charge in [-0.05, 0) is 42.4 Å². The molecule has 0 radical (unpaired) electrons. The molecular formula is C31H31NO4. The van der Waals surface area contributed by atoms with Gasteiger partial charge < -0.3 is 4.42 Å².